The number of thioether (sulfide) groups is 1. The zero-order valence-electron chi connectivity index (χ0n) is 16.2. The van der Waals surface area contributed by atoms with Crippen LogP contribution in [0.5, 0.6) is 5.75 Å². The van der Waals surface area contributed by atoms with Crippen LogP contribution in [-0.4, -0.2) is 9.68 Å². The summed E-state index contributed by atoms with van der Waals surface area (Å²) >= 11 is 24.5. The minimum absolute atomic E-state index is 0.146. The van der Waals surface area contributed by atoms with Gasteiger partial charge in [-0.05, 0) is 43.3 Å². The summed E-state index contributed by atoms with van der Waals surface area (Å²) in [7, 11) is 0. The minimum Gasteiger partial charge on any atom is -0.454 e. The van der Waals surface area contributed by atoms with Crippen LogP contribution in [0.1, 0.15) is 23.5 Å². The highest BCUT2D eigenvalue weighted by Crippen LogP contribution is 2.38. The lowest BCUT2D eigenvalue weighted by Gasteiger charge is -2.17. The van der Waals surface area contributed by atoms with Gasteiger partial charge in [0.1, 0.15) is 21.7 Å². The van der Waals surface area contributed by atoms with E-state index in [-0.39, 0.29) is 9.74 Å². The Balaban J connectivity index is 1.72. The van der Waals surface area contributed by atoms with Gasteiger partial charge in [0.2, 0.25) is 0 Å². The monoisotopic (exact) mass is 541 g/mol. The Morgan fingerprint density at radius 1 is 1.09 bits per heavy atom. The third-order valence-corrected chi connectivity index (χ3v) is 5.81. The number of rotatable bonds is 7. The highest BCUT2D eigenvalue weighted by atomic mass is 35.5. The molecule has 32 heavy (non-hydrogen) atoms. The number of benzene rings is 2. The first-order valence-corrected chi connectivity index (χ1v) is 11.3. The normalized spacial score (nSPS) is 13.0. The Labute approximate surface area is 206 Å². The summed E-state index contributed by atoms with van der Waals surface area (Å²) in [5.74, 6) is 0.896. The van der Waals surface area contributed by atoms with E-state index in [4.69, 9.17) is 55.7 Å². The van der Waals surface area contributed by atoms with Crippen LogP contribution in [0, 0.1) is 0 Å². The zero-order valence-corrected chi connectivity index (χ0v) is 20.0. The number of aromatic nitrogens is 1. The topological polar surface area (TPSA) is 35.3 Å². The van der Waals surface area contributed by atoms with Crippen LogP contribution in [0.4, 0.5) is 13.2 Å². The highest BCUT2D eigenvalue weighted by Gasteiger charge is 2.30. The Kier molecular flexibility index (Phi) is 7.99. The lowest BCUT2D eigenvalue weighted by molar-refractivity contribution is -0.137. The van der Waals surface area contributed by atoms with Crippen molar-refractivity contribution in [2.24, 2.45) is 0 Å². The van der Waals surface area contributed by atoms with E-state index in [9.17, 15) is 13.2 Å². The van der Waals surface area contributed by atoms with E-state index in [1.165, 1.54) is 23.9 Å². The molecule has 3 rings (SSSR count). The number of halogens is 7. The summed E-state index contributed by atoms with van der Waals surface area (Å²) in [5.41, 5.74) is 0.514. The smallest absolute Gasteiger partial charge is 0.416 e. The number of nitrogens with zero attached hydrogens (tertiary/aromatic N) is 1. The molecule has 1 aromatic heterocycles. The van der Waals surface area contributed by atoms with E-state index in [1.807, 2.05) is 6.92 Å². The van der Waals surface area contributed by atoms with Gasteiger partial charge in [0, 0.05) is 22.6 Å². The summed E-state index contributed by atoms with van der Waals surface area (Å²) in [6, 6.07) is 13.5. The quantitative estimate of drug-likeness (QED) is 0.220. The van der Waals surface area contributed by atoms with Crippen molar-refractivity contribution in [1.29, 1.82) is 0 Å². The van der Waals surface area contributed by atoms with Crippen molar-refractivity contribution in [3.05, 3.63) is 76.5 Å². The van der Waals surface area contributed by atoms with E-state index in [0.717, 1.165) is 18.2 Å². The summed E-state index contributed by atoms with van der Waals surface area (Å²) < 4.78 is 47.2. The molecule has 0 aliphatic rings. The molecule has 170 valence electrons. The average molecular weight is 543 g/mol. The summed E-state index contributed by atoms with van der Waals surface area (Å²) in [5, 5.41) is 3.88. The fraction of sp³-hybridized carbons (Fsp3) is 0.190. The molecule has 0 spiro atoms. The number of alkyl halides is 5. The van der Waals surface area contributed by atoms with Gasteiger partial charge < -0.3 is 9.26 Å². The zero-order chi connectivity index (χ0) is 23.5. The molecule has 0 bridgehead atoms. The fourth-order valence-corrected chi connectivity index (χ4v) is 4.49. The van der Waals surface area contributed by atoms with Crippen LogP contribution in [0.15, 0.2) is 74.6 Å². The van der Waals surface area contributed by atoms with Crippen LogP contribution < -0.4 is 4.74 Å². The molecule has 0 amide bonds. The third-order valence-electron chi connectivity index (χ3n) is 4.08. The third kappa shape index (κ3) is 6.99. The van der Waals surface area contributed by atoms with Crippen molar-refractivity contribution >= 4 is 58.2 Å². The van der Waals surface area contributed by atoms with Gasteiger partial charge >= 0.3 is 6.18 Å². The molecule has 1 heterocycles. The lowest BCUT2D eigenvalue weighted by Crippen LogP contribution is -2.18. The number of hydrogen-bond acceptors (Lipinski definition) is 4. The van der Waals surface area contributed by atoms with Crippen LogP contribution in [0.25, 0.3) is 11.3 Å². The second-order valence-electron chi connectivity index (χ2n) is 6.52. The van der Waals surface area contributed by atoms with Gasteiger partial charge in [-0.15, -0.1) is 11.8 Å². The van der Waals surface area contributed by atoms with Crippen LogP contribution in [0.2, 0.25) is 0 Å². The predicted octanol–water partition coefficient (Wildman–Crippen LogP) is 9.04. The molecular formula is C21H14Cl4F3NO2S. The molecule has 11 heteroatoms. The largest absolute Gasteiger partial charge is 0.454 e. The molecule has 1 atom stereocenters. The Morgan fingerprint density at radius 2 is 1.78 bits per heavy atom. The molecule has 0 aliphatic heterocycles. The van der Waals surface area contributed by atoms with Crippen molar-refractivity contribution in [3.63, 3.8) is 0 Å². The molecule has 2 aromatic carbocycles. The molecule has 0 radical (unpaired) electrons. The van der Waals surface area contributed by atoms with E-state index in [1.54, 1.807) is 30.3 Å². The second-order valence-corrected chi connectivity index (χ2v) is 10.3. The van der Waals surface area contributed by atoms with Gasteiger partial charge in [-0.2, -0.15) is 13.2 Å². The molecule has 0 fully saturated rings. The molecule has 0 aliphatic carbocycles. The standard InChI is InChI=1S/C21H14Cl4F3NO2S/c1-12(32-16-7-5-14(6-8-16)21(26,27)28)18-10-17(29-31-18)13-3-2-4-15(9-13)30-20(24,25)11-19(22)23/h2-12H,1H3. The highest BCUT2D eigenvalue weighted by molar-refractivity contribution is 7.99. The van der Waals surface area contributed by atoms with Crippen molar-refractivity contribution in [1.82, 2.24) is 5.16 Å². The van der Waals surface area contributed by atoms with Gasteiger partial charge in [0.25, 0.3) is 4.52 Å². The Hall–Kier alpha value is -1.51. The lowest BCUT2D eigenvalue weighted by atomic mass is 10.1. The van der Waals surface area contributed by atoms with E-state index in [0.29, 0.717) is 27.7 Å². The fourth-order valence-electron chi connectivity index (χ4n) is 2.63. The van der Waals surface area contributed by atoms with Gasteiger partial charge in [0.15, 0.2) is 0 Å². The first-order valence-electron chi connectivity index (χ1n) is 8.94. The molecular weight excluding hydrogens is 529 g/mol. The molecule has 1 unspecified atom stereocenters. The predicted molar refractivity (Wildman–Crippen MR) is 123 cm³/mol. The maximum absolute atomic E-state index is 12.7. The van der Waals surface area contributed by atoms with Gasteiger partial charge in [-0.3, -0.25) is 0 Å². The number of ether oxygens (including phenoxy) is 1. The second kappa shape index (κ2) is 10.2. The Morgan fingerprint density at radius 3 is 2.41 bits per heavy atom. The van der Waals surface area contributed by atoms with E-state index < -0.39 is 16.3 Å². The first kappa shape index (κ1) is 25.1. The van der Waals surface area contributed by atoms with Crippen molar-refractivity contribution in [2.45, 2.75) is 27.8 Å². The number of hydrogen-bond donors (Lipinski definition) is 0. The summed E-state index contributed by atoms with van der Waals surface area (Å²) in [6.07, 6.45) is -3.24. The molecule has 0 saturated carbocycles. The van der Waals surface area contributed by atoms with Gasteiger partial charge in [0.05, 0.1) is 10.8 Å². The maximum atomic E-state index is 12.7. The molecule has 0 saturated heterocycles. The van der Waals surface area contributed by atoms with Crippen LogP contribution in [-0.2, 0) is 6.18 Å². The van der Waals surface area contributed by atoms with Crippen LogP contribution in [0.3, 0.4) is 0 Å². The summed E-state index contributed by atoms with van der Waals surface area (Å²) in [4.78, 5) is 0.672. The molecule has 3 nitrogen and oxygen atoms in total. The average Bonchev–Trinajstić information content (AvgIpc) is 3.17. The van der Waals surface area contributed by atoms with Gasteiger partial charge in [-0.1, -0.05) is 63.7 Å². The van der Waals surface area contributed by atoms with Crippen molar-refractivity contribution in [3.8, 4) is 17.0 Å². The van der Waals surface area contributed by atoms with E-state index in [2.05, 4.69) is 5.16 Å². The maximum Gasteiger partial charge on any atom is 0.416 e. The van der Waals surface area contributed by atoms with E-state index >= 15 is 0 Å². The van der Waals surface area contributed by atoms with Gasteiger partial charge in [-0.25, -0.2) is 0 Å². The Bertz CT molecular complexity index is 1100. The molecule has 3 aromatic rings. The minimum atomic E-state index is -4.37. The summed E-state index contributed by atoms with van der Waals surface area (Å²) in [6.45, 7) is 1.86. The van der Waals surface area contributed by atoms with Crippen molar-refractivity contribution < 1.29 is 22.4 Å². The first-order chi connectivity index (χ1) is 14.9. The van der Waals surface area contributed by atoms with Crippen molar-refractivity contribution in [2.75, 3.05) is 0 Å². The van der Waals surface area contributed by atoms with Crippen LogP contribution >= 0.6 is 58.2 Å². The SMILES string of the molecule is CC(Sc1ccc(C(F)(F)F)cc1)c1cc(-c2cccc(OC(Cl)(Cl)C=C(Cl)Cl)c2)no1. The molecule has 0 N–H and O–H groups in total.